The van der Waals surface area contributed by atoms with Crippen LogP contribution < -0.4 is 10.2 Å². The van der Waals surface area contributed by atoms with Gasteiger partial charge < -0.3 is 15.1 Å². The number of hydrogen-bond acceptors (Lipinski definition) is 6. The number of carbonyl (C=O) groups is 2. The number of pyridine rings is 1. The second-order valence-corrected chi connectivity index (χ2v) is 8.20. The van der Waals surface area contributed by atoms with Crippen LogP contribution in [0.15, 0.2) is 60.8 Å². The highest BCUT2D eigenvalue weighted by Gasteiger charge is 2.37. The fourth-order valence-corrected chi connectivity index (χ4v) is 3.79. The number of piperazine rings is 1. The Morgan fingerprint density at radius 1 is 0.865 bits per heavy atom. The van der Waals surface area contributed by atoms with Crippen LogP contribution in [0.4, 0.5) is 27.8 Å². The van der Waals surface area contributed by atoms with E-state index in [0.29, 0.717) is 5.82 Å². The molecule has 1 aromatic carbocycles. The second-order valence-electron chi connectivity index (χ2n) is 8.20. The van der Waals surface area contributed by atoms with E-state index in [2.05, 4.69) is 20.5 Å². The lowest BCUT2D eigenvalue weighted by molar-refractivity contribution is -0.138. The van der Waals surface area contributed by atoms with E-state index in [-0.39, 0.29) is 31.9 Å². The number of halogens is 5. The molecule has 0 bridgehead atoms. The van der Waals surface area contributed by atoms with E-state index in [4.69, 9.17) is 0 Å². The fraction of sp³-hybridized carbons (Fsp3) is 0.292. The maximum Gasteiger partial charge on any atom is 0.417 e. The minimum absolute atomic E-state index is 0.150. The molecular weight excluding hydrogens is 499 g/mol. The Kier molecular flexibility index (Phi) is 7.32. The quantitative estimate of drug-likeness (QED) is 0.502. The van der Waals surface area contributed by atoms with Gasteiger partial charge in [0.15, 0.2) is 11.5 Å². The molecule has 1 saturated heterocycles. The van der Waals surface area contributed by atoms with Gasteiger partial charge in [-0.1, -0.05) is 18.2 Å². The summed E-state index contributed by atoms with van der Waals surface area (Å²) < 4.78 is 68.2. The normalized spacial score (nSPS) is 14.4. The Bertz CT molecular complexity index is 1250. The third kappa shape index (κ3) is 5.98. The number of rotatable bonds is 6. The van der Waals surface area contributed by atoms with E-state index in [9.17, 15) is 31.5 Å². The number of benzene rings is 1. The van der Waals surface area contributed by atoms with Gasteiger partial charge in [-0.3, -0.25) is 14.6 Å². The molecule has 8 nitrogen and oxygen atoms in total. The molecule has 0 spiro atoms. The van der Waals surface area contributed by atoms with Gasteiger partial charge >= 0.3 is 12.1 Å². The van der Waals surface area contributed by atoms with Crippen molar-refractivity contribution in [2.24, 2.45) is 0 Å². The highest BCUT2D eigenvalue weighted by atomic mass is 19.4. The average molecular weight is 520 g/mol. The van der Waals surface area contributed by atoms with Crippen LogP contribution in [-0.4, -0.2) is 64.6 Å². The number of nitrogens with one attached hydrogen (secondary N) is 1. The van der Waals surface area contributed by atoms with E-state index >= 15 is 0 Å². The molecule has 1 aliphatic rings. The van der Waals surface area contributed by atoms with E-state index in [1.807, 2.05) is 0 Å². The summed E-state index contributed by atoms with van der Waals surface area (Å²) in [5.74, 6) is -4.55. The lowest BCUT2D eigenvalue weighted by atomic mass is 10.1. The molecule has 4 rings (SSSR count). The van der Waals surface area contributed by atoms with Gasteiger partial charge in [-0.15, -0.1) is 10.2 Å². The number of anilines is 1. The smallest absolute Gasteiger partial charge is 0.352 e. The molecule has 0 saturated carbocycles. The van der Waals surface area contributed by atoms with E-state index in [1.165, 1.54) is 47.5 Å². The number of alkyl halides is 5. The fourth-order valence-electron chi connectivity index (χ4n) is 3.79. The van der Waals surface area contributed by atoms with Crippen LogP contribution in [0.2, 0.25) is 0 Å². The van der Waals surface area contributed by atoms with Gasteiger partial charge in [-0.25, -0.2) is 0 Å². The van der Waals surface area contributed by atoms with Crippen LogP contribution in [-0.2, 0) is 12.1 Å². The summed E-state index contributed by atoms with van der Waals surface area (Å²) in [7, 11) is 0. The molecule has 13 heteroatoms. The predicted molar refractivity (Wildman–Crippen MR) is 122 cm³/mol. The predicted octanol–water partition coefficient (Wildman–Crippen LogP) is 3.37. The molecule has 1 fully saturated rings. The van der Waals surface area contributed by atoms with Crippen molar-refractivity contribution in [3.63, 3.8) is 0 Å². The number of carbonyl (C=O) groups excluding carboxylic acids is 2. The number of hydrogen-bond donors (Lipinski definition) is 1. The average Bonchev–Trinajstić information content (AvgIpc) is 2.91. The van der Waals surface area contributed by atoms with Crippen molar-refractivity contribution in [1.82, 2.24) is 25.4 Å². The SMILES string of the molecule is O=C(NCC(F)(F)c1ccccn1)c1ccc(N2CCN(C(=O)c3ccccc3C(F)(F)F)CC2)nn1. The summed E-state index contributed by atoms with van der Waals surface area (Å²) in [4.78, 5) is 31.7. The van der Waals surface area contributed by atoms with Crippen LogP contribution in [0, 0.1) is 0 Å². The first-order valence-corrected chi connectivity index (χ1v) is 11.2. The Labute approximate surface area is 208 Å². The molecule has 0 atom stereocenters. The van der Waals surface area contributed by atoms with Crippen molar-refractivity contribution in [3.8, 4) is 0 Å². The zero-order chi connectivity index (χ0) is 26.6. The second kappa shape index (κ2) is 10.4. The molecule has 0 aliphatic carbocycles. The minimum Gasteiger partial charge on any atom is -0.352 e. The molecule has 194 valence electrons. The lowest BCUT2D eigenvalue weighted by Gasteiger charge is -2.35. The molecule has 2 aromatic heterocycles. The zero-order valence-electron chi connectivity index (χ0n) is 19.3. The summed E-state index contributed by atoms with van der Waals surface area (Å²) in [6, 6.07) is 11.5. The largest absolute Gasteiger partial charge is 0.417 e. The monoisotopic (exact) mass is 520 g/mol. The molecule has 0 radical (unpaired) electrons. The van der Waals surface area contributed by atoms with Crippen LogP contribution in [0.25, 0.3) is 0 Å². The van der Waals surface area contributed by atoms with Gasteiger partial charge in [-0.2, -0.15) is 22.0 Å². The van der Waals surface area contributed by atoms with E-state index in [0.717, 1.165) is 18.2 Å². The third-order valence-corrected chi connectivity index (χ3v) is 5.75. The lowest BCUT2D eigenvalue weighted by Crippen LogP contribution is -2.49. The first-order chi connectivity index (χ1) is 17.6. The third-order valence-electron chi connectivity index (χ3n) is 5.75. The number of nitrogens with zero attached hydrogens (tertiary/aromatic N) is 5. The van der Waals surface area contributed by atoms with Crippen LogP contribution in [0.1, 0.15) is 32.1 Å². The molecular formula is C24H21F5N6O2. The summed E-state index contributed by atoms with van der Waals surface area (Å²) >= 11 is 0. The highest BCUT2D eigenvalue weighted by molar-refractivity contribution is 5.96. The van der Waals surface area contributed by atoms with E-state index in [1.54, 1.807) is 4.90 Å². The van der Waals surface area contributed by atoms with Crippen LogP contribution in [0.5, 0.6) is 0 Å². The molecule has 37 heavy (non-hydrogen) atoms. The van der Waals surface area contributed by atoms with Gasteiger partial charge in [0.05, 0.1) is 17.7 Å². The Hall–Kier alpha value is -4.16. The topological polar surface area (TPSA) is 91.3 Å². The number of aromatic nitrogens is 3. The Morgan fingerprint density at radius 2 is 1.57 bits per heavy atom. The van der Waals surface area contributed by atoms with Gasteiger partial charge in [0.25, 0.3) is 11.8 Å². The Morgan fingerprint density at radius 3 is 2.19 bits per heavy atom. The Balaban J connectivity index is 1.33. The molecule has 3 aromatic rings. The molecule has 2 amide bonds. The summed E-state index contributed by atoms with van der Waals surface area (Å²) in [6.07, 6.45) is -3.42. The summed E-state index contributed by atoms with van der Waals surface area (Å²) in [5, 5.41) is 9.88. The highest BCUT2D eigenvalue weighted by Crippen LogP contribution is 2.32. The molecule has 0 unspecified atom stereocenters. The van der Waals surface area contributed by atoms with Crippen molar-refractivity contribution in [2.45, 2.75) is 12.1 Å². The van der Waals surface area contributed by atoms with Gasteiger partial charge in [0.1, 0.15) is 5.69 Å². The molecule has 3 heterocycles. The summed E-state index contributed by atoms with van der Waals surface area (Å²) in [6.45, 7) is -0.123. The van der Waals surface area contributed by atoms with Crippen molar-refractivity contribution < 1.29 is 31.5 Å². The van der Waals surface area contributed by atoms with Crippen molar-refractivity contribution in [1.29, 1.82) is 0 Å². The van der Waals surface area contributed by atoms with Crippen molar-refractivity contribution in [2.75, 3.05) is 37.6 Å². The van der Waals surface area contributed by atoms with E-state index < -0.39 is 47.3 Å². The van der Waals surface area contributed by atoms with Gasteiger partial charge in [0, 0.05) is 32.4 Å². The van der Waals surface area contributed by atoms with Crippen molar-refractivity contribution in [3.05, 3.63) is 83.3 Å². The first kappa shape index (κ1) is 25.9. The van der Waals surface area contributed by atoms with Gasteiger partial charge in [-0.05, 0) is 36.4 Å². The maximum absolute atomic E-state index is 14.2. The first-order valence-electron chi connectivity index (χ1n) is 11.2. The molecule has 1 aliphatic heterocycles. The van der Waals surface area contributed by atoms with Crippen LogP contribution in [0.3, 0.4) is 0 Å². The standard InChI is InChI=1S/C24H21F5N6O2/c25-23(26,19-7-3-4-10-30-19)15-31-21(36)18-8-9-20(33-32-18)34-11-13-35(14-12-34)22(37)16-5-1-2-6-17(16)24(27,28)29/h1-10H,11-15H2,(H,31,36). The van der Waals surface area contributed by atoms with Gasteiger partial charge in [0.2, 0.25) is 0 Å². The van der Waals surface area contributed by atoms with Crippen LogP contribution >= 0.6 is 0 Å². The zero-order valence-corrected chi connectivity index (χ0v) is 19.3. The molecule has 1 N–H and O–H groups in total. The number of amides is 2. The summed E-state index contributed by atoms with van der Waals surface area (Å²) in [5.41, 5.74) is -2.04. The minimum atomic E-state index is -4.65. The van der Waals surface area contributed by atoms with Crippen molar-refractivity contribution >= 4 is 17.6 Å². The maximum atomic E-state index is 14.2.